The first kappa shape index (κ1) is 17.6. The van der Waals surface area contributed by atoms with Crippen molar-refractivity contribution in [1.82, 2.24) is 10.2 Å². The summed E-state index contributed by atoms with van der Waals surface area (Å²) >= 11 is 0. The molecular formula is C20H26N2O3. The lowest BCUT2D eigenvalue weighted by Gasteiger charge is -2.36. The highest BCUT2D eigenvalue weighted by Crippen LogP contribution is 2.40. The summed E-state index contributed by atoms with van der Waals surface area (Å²) in [6, 6.07) is 14.2. The first-order chi connectivity index (χ1) is 12.3. The van der Waals surface area contributed by atoms with Gasteiger partial charge in [0.25, 0.3) is 0 Å². The molecule has 1 atom stereocenters. The molecule has 1 unspecified atom stereocenters. The maximum atomic E-state index is 5.67. The number of rotatable bonds is 6. The van der Waals surface area contributed by atoms with Crippen molar-refractivity contribution >= 4 is 0 Å². The van der Waals surface area contributed by atoms with Crippen molar-refractivity contribution in [2.45, 2.75) is 6.04 Å². The number of hydrogen-bond donors (Lipinski definition) is 1. The van der Waals surface area contributed by atoms with E-state index in [1.165, 1.54) is 0 Å². The third kappa shape index (κ3) is 3.72. The molecule has 0 saturated carbocycles. The van der Waals surface area contributed by atoms with Gasteiger partial charge in [-0.25, -0.2) is 0 Å². The molecule has 1 aliphatic rings. The van der Waals surface area contributed by atoms with Crippen LogP contribution in [0.1, 0.15) is 17.2 Å². The average molecular weight is 342 g/mol. The lowest BCUT2D eigenvalue weighted by atomic mass is 9.94. The molecule has 1 aliphatic heterocycles. The molecule has 1 N–H and O–H groups in total. The van der Waals surface area contributed by atoms with E-state index < -0.39 is 0 Å². The topological polar surface area (TPSA) is 43.0 Å². The van der Waals surface area contributed by atoms with Gasteiger partial charge in [-0.1, -0.05) is 18.2 Å². The van der Waals surface area contributed by atoms with Gasteiger partial charge in [0.1, 0.15) is 17.2 Å². The molecule has 134 valence electrons. The Morgan fingerprint density at radius 2 is 1.52 bits per heavy atom. The molecular weight excluding hydrogens is 316 g/mol. The Morgan fingerprint density at radius 3 is 2.20 bits per heavy atom. The fourth-order valence-corrected chi connectivity index (χ4v) is 3.45. The molecule has 5 nitrogen and oxygen atoms in total. The summed E-state index contributed by atoms with van der Waals surface area (Å²) in [5.41, 5.74) is 2.23. The van der Waals surface area contributed by atoms with Crippen molar-refractivity contribution in [3.8, 4) is 17.2 Å². The zero-order valence-corrected chi connectivity index (χ0v) is 15.1. The molecule has 0 amide bonds. The Hall–Kier alpha value is -2.24. The van der Waals surface area contributed by atoms with E-state index in [9.17, 15) is 0 Å². The lowest BCUT2D eigenvalue weighted by Crippen LogP contribution is -2.45. The summed E-state index contributed by atoms with van der Waals surface area (Å²) in [6.45, 7) is 3.86. The first-order valence-corrected chi connectivity index (χ1v) is 8.58. The second kappa shape index (κ2) is 8.23. The highest BCUT2D eigenvalue weighted by molar-refractivity contribution is 5.49. The minimum atomic E-state index is 0.0447. The standard InChI is InChI=1S/C20H26N2O3/c1-23-15-8-9-19(25-3)17(14-15)20(22-12-10-21-11-13-22)16-6-4-5-7-18(16)24-2/h4-9,14,20-21H,10-13H2,1-3H3. The van der Waals surface area contributed by atoms with Gasteiger partial charge in [0, 0.05) is 37.3 Å². The van der Waals surface area contributed by atoms with E-state index in [0.717, 1.165) is 54.6 Å². The summed E-state index contributed by atoms with van der Waals surface area (Å²) in [7, 11) is 5.12. The Morgan fingerprint density at radius 1 is 0.840 bits per heavy atom. The molecule has 0 spiro atoms. The smallest absolute Gasteiger partial charge is 0.124 e. The quantitative estimate of drug-likeness (QED) is 0.874. The summed E-state index contributed by atoms with van der Waals surface area (Å²) < 4.78 is 16.8. The molecule has 2 aromatic rings. The number of benzene rings is 2. The fraction of sp³-hybridized carbons (Fsp3) is 0.400. The summed E-state index contributed by atoms with van der Waals surface area (Å²) in [5, 5.41) is 3.42. The zero-order valence-electron chi connectivity index (χ0n) is 15.1. The van der Waals surface area contributed by atoms with Crippen LogP contribution in [0.2, 0.25) is 0 Å². The SMILES string of the molecule is COc1ccc(OC)c(C(c2ccccc2OC)N2CCNCC2)c1. The Labute approximate surface area is 149 Å². The van der Waals surface area contributed by atoms with E-state index in [1.54, 1.807) is 21.3 Å². The van der Waals surface area contributed by atoms with E-state index >= 15 is 0 Å². The largest absolute Gasteiger partial charge is 0.497 e. The number of para-hydroxylation sites is 1. The average Bonchev–Trinajstić information content (AvgIpc) is 2.69. The van der Waals surface area contributed by atoms with Gasteiger partial charge >= 0.3 is 0 Å². The maximum absolute atomic E-state index is 5.67. The molecule has 25 heavy (non-hydrogen) atoms. The van der Waals surface area contributed by atoms with Crippen LogP contribution in [0, 0.1) is 0 Å². The number of hydrogen-bond acceptors (Lipinski definition) is 5. The van der Waals surface area contributed by atoms with Crippen LogP contribution in [-0.4, -0.2) is 52.4 Å². The molecule has 5 heteroatoms. The molecule has 3 rings (SSSR count). The van der Waals surface area contributed by atoms with Crippen LogP contribution in [0.3, 0.4) is 0 Å². The van der Waals surface area contributed by atoms with Crippen molar-refractivity contribution in [2.24, 2.45) is 0 Å². The monoisotopic (exact) mass is 342 g/mol. The van der Waals surface area contributed by atoms with Gasteiger partial charge in [-0.15, -0.1) is 0 Å². The minimum Gasteiger partial charge on any atom is -0.497 e. The van der Waals surface area contributed by atoms with Gasteiger partial charge in [-0.2, -0.15) is 0 Å². The summed E-state index contributed by atoms with van der Waals surface area (Å²) in [4.78, 5) is 2.46. The number of piperazine rings is 1. The van der Waals surface area contributed by atoms with Crippen LogP contribution in [0.4, 0.5) is 0 Å². The number of nitrogens with zero attached hydrogens (tertiary/aromatic N) is 1. The third-order valence-corrected chi connectivity index (χ3v) is 4.68. The van der Waals surface area contributed by atoms with Crippen molar-refractivity contribution in [2.75, 3.05) is 47.5 Å². The second-order valence-electron chi connectivity index (χ2n) is 6.04. The van der Waals surface area contributed by atoms with Crippen molar-refractivity contribution in [1.29, 1.82) is 0 Å². The predicted molar refractivity (Wildman–Crippen MR) is 98.8 cm³/mol. The molecule has 0 aromatic heterocycles. The summed E-state index contributed by atoms with van der Waals surface area (Å²) in [5.74, 6) is 2.57. The van der Waals surface area contributed by atoms with Crippen molar-refractivity contribution < 1.29 is 14.2 Å². The van der Waals surface area contributed by atoms with Gasteiger partial charge in [-0.05, 0) is 24.3 Å². The van der Waals surface area contributed by atoms with Crippen molar-refractivity contribution in [3.05, 3.63) is 53.6 Å². The number of nitrogens with one attached hydrogen (secondary N) is 1. The number of methoxy groups -OCH3 is 3. The predicted octanol–water partition coefficient (Wildman–Crippen LogP) is 2.71. The molecule has 0 aliphatic carbocycles. The molecule has 2 aromatic carbocycles. The van der Waals surface area contributed by atoms with Gasteiger partial charge in [-0.3, -0.25) is 4.90 Å². The Balaban J connectivity index is 2.14. The molecule has 1 heterocycles. The highest BCUT2D eigenvalue weighted by atomic mass is 16.5. The van der Waals surface area contributed by atoms with E-state index in [4.69, 9.17) is 14.2 Å². The van der Waals surface area contributed by atoms with Crippen LogP contribution in [-0.2, 0) is 0 Å². The number of ether oxygens (including phenoxy) is 3. The highest BCUT2D eigenvalue weighted by Gasteiger charge is 2.29. The summed E-state index contributed by atoms with van der Waals surface area (Å²) in [6.07, 6.45) is 0. The van der Waals surface area contributed by atoms with Gasteiger partial charge in [0.2, 0.25) is 0 Å². The van der Waals surface area contributed by atoms with Crippen molar-refractivity contribution in [3.63, 3.8) is 0 Å². The molecule has 0 bridgehead atoms. The van der Waals surface area contributed by atoms with Crippen LogP contribution in [0.15, 0.2) is 42.5 Å². The van der Waals surface area contributed by atoms with Crippen LogP contribution >= 0.6 is 0 Å². The first-order valence-electron chi connectivity index (χ1n) is 8.58. The Bertz CT molecular complexity index is 699. The normalized spacial score (nSPS) is 16.3. The van der Waals surface area contributed by atoms with Gasteiger partial charge in [0.05, 0.1) is 27.4 Å². The lowest BCUT2D eigenvalue weighted by molar-refractivity contribution is 0.192. The third-order valence-electron chi connectivity index (χ3n) is 4.68. The van der Waals surface area contributed by atoms with Crippen LogP contribution < -0.4 is 19.5 Å². The fourth-order valence-electron chi connectivity index (χ4n) is 3.45. The molecule has 1 fully saturated rings. The van der Waals surface area contributed by atoms with E-state index in [-0.39, 0.29) is 6.04 Å². The Kier molecular flexibility index (Phi) is 5.79. The maximum Gasteiger partial charge on any atom is 0.124 e. The second-order valence-corrected chi connectivity index (χ2v) is 6.04. The molecule has 0 radical (unpaired) electrons. The van der Waals surface area contributed by atoms with Gasteiger partial charge in [0.15, 0.2) is 0 Å². The van der Waals surface area contributed by atoms with Crippen LogP contribution in [0.5, 0.6) is 17.2 Å². The van der Waals surface area contributed by atoms with Crippen LogP contribution in [0.25, 0.3) is 0 Å². The molecule has 1 saturated heterocycles. The van der Waals surface area contributed by atoms with E-state index in [0.29, 0.717) is 0 Å². The zero-order chi connectivity index (χ0) is 17.6. The van der Waals surface area contributed by atoms with E-state index in [1.807, 2.05) is 24.3 Å². The minimum absolute atomic E-state index is 0.0447. The van der Waals surface area contributed by atoms with Gasteiger partial charge < -0.3 is 19.5 Å². The van der Waals surface area contributed by atoms with E-state index in [2.05, 4.69) is 28.4 Å².